The number of anilines is 5. The van der Waals surface area contributed by atoms with E-state index in [9.17, 15) is 0 Å². The minimum atomic E-state index is 0.851. The lowest BCUT2D eigenvalue weighted by Gasteiger charge is -2.33. The van der Waals surface area contributed by atoms with Crippen LogP contribution in [0.5, 0.6) is 5.75 Å². The van der Waals surface area contributed by atoms with Crippen molar-refractivity contribution in [1.82, 2.24) is 0 Å². The predicted octanol–water partition coefficient (Wildman–Crippen LogP) is 10.1. The molecule has 41 heavy (non-hydrogen) atoms. The molecule has 1 heterocycles. The van der Waals surface area contributed by atoms with Gasteiger partial charge in [-0.2, -0.15) is 0 Å². The largest absolute Gasteiger partial charge is 0.497 e. The molecule has 0 amide bonds. The summed E-state index contributed by atoms with van der Waals surface area (Å²) in [5.74, 6) is 0.851. The van der Waals surface area contributed by atoms with E-state index in [0.29, 0.717) is 0 Å². The summed E-state index contributed by atoms with van der Waals surface area (Å²) >= 11 is 0. The van der Waals surface area contributed by atoms with Gasteiger partial charge >= 0.3 is 0 Å². The fourth-order valence-electron chi connectivity index (χ4n) is 6.72. The Labute approximate surface area is 240 Å². The van der Waals surface area contributed by atoms with Crippen LogP contribution in [-0.4, -0.2) is 13.7 Å². The number of methoxy groups -OCH3 is 1. The quantitative estimate of drug-likeness (QED) is 0.206. The number of hydrogen-bond donors (Lipinski definition) is 0. The SMILES string of the molecule is COc1ccc(N(c2ccccc2)c2ccc3ccc4c(N5CCCc6ccccc65)ccc5ccc2c3c54)cc1. The van der Waals surface area contributed by atoms with Crippen LogP contribution in [-0.2, 0) is 6.42 Å². The molecular weight excluding hydrogens is 500 g/mol. The molecule has 1 aliphatic rings. The van der Waals surface area contributed by atoms with Gasteiger partial charge in [-0.15, -0.1) is 0 Å². The minimum absolute atomic E-state index is 0.851. The van der Waals surface area contributed by atoms with Gasteiger partial charge < -0.3 is 14.5 Å². The van der Waals surface area contributed by atoms with Gasteiger partial charge in [0, 0.05) is 40.1 Å². The fourth-order valence-corrected chi connectivity index (χ4v) is 6.72. The van der Waals surface area contributed by atoms with E-state index >= 15 is 0 Å². The van der Waals surface area contributed by atoms with Crippen LogP contribution in [0.25, 0.3) is 32.3 Å². The van der Waals surface area contributed by atoms with Crippen molar-refractivity contribution >= 4 is 60.8 Å². The summed E-state index contributed by atoms with van der Waals surface area (Å²) in [5, 5.41) is 7.76. The predicted molar refractivity (Wildman–Crippen MR) is 173 cm³/mol. The van der Waals surface area contributed by atoms with E-state index in [0.717, 1.165) is 42.2 Å². The topological polar surface area (TPSA) is 15.7 Å². The number of para-hydroxylation sites is 2. The first kappa shape index (κ1) is 23.8. The number of aryl methyl sites for hydroxylation is 1. The van der Waals surface area contributed by atoms with Gasteiger partial charge in [-0.3, -0.25) is 0 Å². The second-order valence-electron chi connectivity index (χ2n) is 10.8. The van der Waals surface area contributed by atoms with Gasteiger partial charge in [-0.1, -0.05) is 72.8 Å². The normalized spacial score (nSPS) is 13.1. The van der Waals surface area contributed by atoms with Gasteiger partial charge in [-0.25, -0.2) is 0 Å². The molecular formula is C38H30N2O. The van der Waals surface area contributed by atoms with Crippen molar-refractivity contribution in [2.75, 3.05) is 23.5 Å². The highest BCUT2D eigenvalue weighted by molar-refractivity contribution is 6.27. The average molecular weight is 531 g/mol. The molecule has 0 N–H and O–H groups in total. The molecule has 0 radical (unpaired) electrons. The zero-order chi connectivity index (χ0) is 27.3. The van der Waals surface area contributed by atoms with Crippen LogP contribution in [0.15, 0.2) is 127 Å². The van der Waals surface area contributed by atoms with Crippen LogP contribution in [0, 0.1) is 0 Å². The Morgan fingerprint density at radius 1 is 0.585 bits per heavy atom. The smallest absolute Gasteiger partial charge is 0.119 e. The number of hydrogen-bond acceptors (Lipinski definition) is 3. The van der Waals surface area contributed by atoms with E-state index in [1.54, 1.807) is 7.11 Å². The summed E-state index contributed by atoms with van der Waals surface area (Å²) in [4.78, 5) is 4.88. The molecule has 0 spiro atoms. The molecule has 0 atom stereocenters. The number of nitrogens with zero attached hydrogens (tertiary/aromatic N) is 2. The van der Waals surface area contributed by atoms with Crippen molar-refractivity contribution in [3.05, 3.63) is 133 Å². The summed E-state index contributed by atoms with van der Waals surface area (Å²) in [5.41, 5.74) is 7.45. The standard InChI is InChI=1S/C38H30N2O/c1-41-31-19-17-30(18-20-31)40(29-10-3-2-4-11-29)36-24-16-28-13-21-32-35(23-15-27-14-22-33(36)38(28)37(27)32)39-25-7-9-26-8-5-6-12-34(26)39/h2-6,8,10-24H,7,9,25H2,1H3. The van der Waals surface area contributed by atoms with E-state index in [1.807, 2.05) is 12.1 Å². The molecule has 7 aromatic rings. The van der Waals surface area contributed by atoms with E-state index in [4.69, 9.17) is 4.74 Å². The van der Waals surface area contributed by atoms with Crippen LogP contribution in [0.4, 0.5) is 28.4 Å². The Morgan fingerprint density at radius 2 is 1.24 bits per heavy atom. The molecule has 3 nitrogen and oxygen atoms in total. The highest BCUT2D eigenvalue weighted by Crippen LogP contribution is 2.46. The van der Waals surface area contributed by atoms with Gasteiger partial charge in [0.2, 0.25) is 0 Å². The molecule has 0 aromatic heterocycles. The first-order valence-corrected chi connectivity index (χ1v) is 14.4. The van der Waals surface area contributed by atoms with Crippen LogP contribution in [0.2, 0.25) is 0 Å². The minimum Gasteiger partial charge on any atom is -0.497 e. The van der Waals surface area contributed by atoms with Gasteiger partial charge in [0.1, 0.15) is 5.75 Å². The van der Waals surface area contributed by atoms with Gasteiger partial charge in [0.05, 0.1) is 12.8 Å². The molecule has 0 saturated heterocycles. The maximum absolute atomic E-state index is 5.47. The first-order valence-electron chi connectivity index (χ1n) is 14.4. The Bertz CT molecular complexity index is 2010. The lowest BCUT2D eigenvalue weighted by molar-refractivity contribution is 0.415. The molecule has 3 heteroatoms. The van der Waals surface area contributed by atoms with Crippen molar-refractivity contribution in [2.24, 2.45) is 0 Å². The van der Waals surface area contributed by atoms with Crippen LogP contribution < -0.4 is 14.5 Å². The number of fused-ring (bicyclic) bond motifs is 1. The van der Waals surface area contributed by atoms with Crippen LogP contribution in [0.3, 0.4) is 0 Å². The highest BCUT2D eigenvalue weighted by Gasteiger charge is 2.23. The van der Waals surface area contributed by atoms with E-state index in [-0.39, 0.29) is 0 Å². The maximum Gasteiger partial charge on any atom is 0.119 e. The van der Waals surface area contributed by atoms with Crippen molar-refractivity contribution in [3.8, 4) is 5.75 Å². The molecule has 0 aliphatic carbocycles. The third-order valence-electron chi connectivity index (χ3n) is 8.61. The maximum atomic E-state index is 5.47. The van der Waals surface area contributed by atoms with Crippen molar-refractivity contribution < 1.29 is 4.74 Å². The van der Waals surface area contributed by atoms with Crippen LogP contribution >= 0.6 is 0 Å². The van der Waals surface area contributed by atoms with Gasteiger partial charge in [0.15, 0.2) is 0 Å². The summed E-state index contributed by atoms with van der Waals surface area (Å²) in [7, 11) is 1.71. The Morgan fingerprint density at radius 3 is 2.05 bits per heavy atom. The fraction of sp³-hybridized carbons (Fsp3) is 0.105. The molecule has 0 fully saturated rings. The average Bonchev–Trinajstić information content (AvgIpc) is 3.05. The Balaban J connectivity index is 1.38. The number of rotatable bonds is 5. The summed E-state index contributed by atoms with van der Waals surface area (Å²) in [6, 6.07) is 46.2. The summed E-state index contributed by atoms with van der Waals surface area (Å²) < 4.78 is 5.47. The van der Waals surface area contributed by atoms with Crippen molar-refractivity contribution in [1.29, 1.82) is 0 Å². The summed E-state index contributed by atoms with van der Waals surface area (Å²) in [6.07, 6.45) is 2.31. The number of ether oxygens (including phenoxy) is 1. The third-order valence-corrected chi connectivity index (χ3v) is 8.61. The Hall–Kier alpha value is -5.02. The second kappa shape index (κ2) is 9.57. The van der Waals surface area contributed by atoms with E-state index in [2.05, 4.69) is 125 Å². The highest BCUT2D eigenvalue weighted by atomic mass is 16.5. The van der Waals surface area contributed by atoms with E-state index in [1.165, 1.54) is 49.3 Å². The lowest BCUT2D eigenvalue weighted by atomic mass is 9.91. The monoisotopic (exact) mass is 530 g/mol. The number of benzene rings is 7. The molecule has 0 unspecified atom stereocenters. The van der Waals surface area contributed by atoms with Crippen molar-refractivity contribution in [2.45, 2.75) is 12.8 Å². The van der Waals surface area contributed by atoms with E-state index < -0.39 is 0 Å². The van der Waals surface area contributed by atoms with Crippen LogP contribution in [0.1, 0.15) is 12.0 Å². The van der Waals surface area contributed by atoms with Gasteiger partial charge in [-0.05, 0) is 94.5 Å². The zero-order valence-electron chi connectivity index (χ0n) is 23.0. The molecule has 8 rings (SSSR count). The first-order chi connectivity index (χ1) is 20.3. The summed E-state index contributed by atoms with van der Waals surface area (Å²) in [6.45, 7) is 1.03. The lowest BCUT2D eigenvalue weighted by Crippen LogP contribution is -2.24. The van der Waals surface area contributed by atoms with Gasteiger partial charge in [0.25, 0.3) is 0 Å². The molecule has 198 valence electrons. The Kier molecular flexibility index (Phi) is 5.56. The van der Waals surface area contributed by atoms with Crippen molar-refractivity contribution in [3.63, 3.8) is 0 Å². The molecule has 1 aliphatic heterocycles. The molecule has 0 saturated carbocycles. The third kappa shape index (κ3) is 3.81. The second-order valence-corrected chi connectivity index (χ2v) is 10.8. The molecule has 7 aromatic carbocycles. The zero-order valence-corrected chi connectivity index (χ0v) is 23.0. The molecule has 0 bridgehead atoms.